The minimum absolute atomic E-state index is 0.238. The summed E-state index contributed by atoms with van der Waals surface area (Å²) in [5, 5.41) is 12.1. The summed E-state index contributed by atoms with van der Waals surface area (Å²) >= 11 is 1.72. The molecule has 0 aliphatic carbocycles. The van der Waals surface area contributed by atoms with Gasteiger partial charge in [0.25, 0.3) is 0 Å². The van der Waals surface area contributed by atoms with Crippen LogP contribution < -0.4 is 5.32 Å². The van der Waals surface area contributed by atoms with Gasteiger partial charge in [0, 0.05) is 24.8 Å². The molecule has 0 saturated carbocycles. The van der Waals surface area contributed by atoms with E-state index in [1.807, 2.05) is 0 Å². The molecule has 6 heteroatoms. The van der Waals surface area contributed by atoms with Crippen molar-refractivity contribution in [2.75, 3.05) is 18.8 Å². The predicted molar refractivity (Wildman–Crippen MR) is 102 cm³/mol. The zero-order valence-electron chi connectivity index (χ0n) is 14.8. The van der Waals surface area contributed by atoms with Crippen LogP contribution in [0.5, 0.6) is 0 Å². The molecule has 0 radical (unpaired) electrons. The summed E-state index contributed by atoms with van der Waals surface area (Å²) < 4.78 is 2.22. The maximum absolute atomic E-state index is 10.6. The Kier molecular flexibility index (Phi) is 6.37. The van der Waals surface area contributed by atoms with Gasteiger partial charge in [-0.25, -0.2) is 4.98 Å². The van der Waals surface area contributed by atoms with Gasteiger partial charge in [0.15, 0.2) is 0 Å². The maximum atomic E-state index is 10.6. The van der Waals surface area contributed by atoms with Gasteiger partial charge in [0.1, 0.15) is 5.82 Å². The van der Waals surface area contributed by atoms with Gasteiger partial charge in [-0.1, -0.05) is 0 Å². The number of benzene rings is 1. The van der Waals surface area contributed by atoms with E-state index in [9.17, 15) is 4.79 Å². The summed E-state index contributed by atoms with van der Waals surface area (Å²) in [6.07, 6.45) is 5.75. The topological polar surface area (TPSA) is 67.2 Å². The van der Waals surface area contributed by atoms with Crippen molar-refractivity contribution in [1.82, 2.24) is 14.9 Å². The molecule has 1 aromatic carbocycles. The van der Waals surface area contributed by atoms with Crippen molar-refractivity contribution in [3.05, 3.63) is 24.0 Å². The van der Waals surface area contributed by atoms with Crippen molar-refractivity contribution < 1.29 is 9.90 Å². The van der Waals surface area contributed by atoms with E-state index in [-0.39, 0.29) is 6.42 Å². The Labute approximate surface area is 153 Å². The standard InChI is InChI=1S/C19H27N3O2S/c1-22-17-13-15(25-12-2-3-19(23)24)5-6-16(17)21-18(22)7-4-14-8-10-20-11-9-14/h5-6,13-14,20H,2-4,7-12H2,1H3,(H,23,24). The number of thioether (sulfide) groups is 1. The lowest BCUT2D eigenvalue weighted by Gasteiger charge is -2.22. The molecule has 1 aliphatic rings. The number of hydrogen-bond acceptors (Lipinski definition) is 4. The van der Waals surface area contributed by atoms with E-state index < -0.39 is 5.97 Å². The average molecular weight is 362 g/mol. The average Bonchev–Trinajstić information content (AvgIpc) is 2.93. The van der Waals surface area contributed by atoms with Crippen LogP contribution in [-0.4, -0.2) is 39.5 Å². The second-order valence-corrected chi connectivity index (χ2v) is 7.98. The fourth-order valence-corrected chi connectivity index (χ4v) is 4.33. The molecular weight excluding hydrogens is 334 g/mol. The van der Waals surface area contributed by atoms with Gasteiger partial charge in [-0.05, 0) is 68.6 Å². The number of imidazole rings is 1. The molecule has 1 aromatic heterocycles. The highest BCUT2D eigenvalue weighted by atomic mass is 32.2. The van der Waals surface area contributed by atoms with E-state index in [4.69, 9.17) is 10.1 Å². The van der Waals surface area contributed by atoms with Crippen molar-refractivity contribution in [2.45, 2.75) is 43.4 Å². The van der Waals surface area contributed by atoms with E-state index >= 15 is 0 Å². The SMILES string of the molecule is Cn1c(CCC2CCNCC2)nc2ccc(SCCCC(=O)O)cc21. The summed E-state index contributed by atoms with van der Waals surface area (Å²) in [4.78, 5) is 16.6. The smallest absolute Gasteiger partial charge is 0.303 e. The molecule has 5 nitrogen and oxygen atoms in total. The Morgan fingerprint density at radius 1 is 1.40 bits per heavy atom. The predicted octanol–water partition coefficient (Wildman–Crippen LogP) is 3.46. The number of carbonyl (C=O) groups is 1. The monoisotopic (exact) mass is 361 g/mol. The molecule has 136 valence electrons. The summed E-state index contributed by atoms with van der Waals surface area (Å²) in [7, 11) is 2.10. The van der Waals surface area contributed by atoms with E-state index in [0.29, 0.717) is 6.42 Å². The van der Waals surface area contributed by atoms with Gasteiger partial charge >= 0.3 is 5.97 Å². The van der Waals surface area contributed by atoms with Gasteiger partial charge in [0.2, 0.25) is 0 Å². The largest absolute Gasteiger partial charge is 0.481 e. The molecule has 1 fully saturated rings. The van der Waals surface area contributed by atoms with Crippen LogP contribution in [0.4, 0.5) is 0 Å². The molecule has 0 bridgehead atoms. The molecule has 0 unspecified atom stereocenters. The van der Waals surface area contributed by atoms with Crippen LogP contribution in [0.15, 0.2) is 23.1 Å². The lowest BCUT2D eigenvalue weighted by Crippen LogP contribution is -2.28. The molecule has 0 amide bonds. The number of nitrogens with one attached hydrogen (secondary N) is 1. The fourth-order valence-electron chi connectivity index (χ4n) is 3.45. The van der Waals surface area contributed by atoms with Crippen LogP contribution in [0.3, 0.4) is 0 Å². The Balaban J connectivity index is 1.61. The van der Waals surface area contributed by atoms with Crippen molar-refractivity contribution in [1.29, 1.82) is 0 Å². The number of rotatable bonds is 8. The number of aromatic nitrogens is 2. The lowest BCUT2D eigenvalue weighted by atomic mass is 9.93. The second-order valence-electron chi connectivity index (χ2n) is 6.82. The molecule has 25 heavy (non-hydrogen) atoms. The molecule has 2 N–H and O–H groups in total. The highest BCUT2D eigenvalue weighted by Gasteiger charge is 2.15. The van der Waals surface area contributed by atoms with Crippen molar-refractivity contribution in [3.63, 3.8) is 0 Å². The zero-order chi connectivity index (χ0) is 17.6. The Hall–Kier alpha value is -1.53. The van der Waals surface area contributed by atoms with Crippen molar-refractivity contribution >= 4 is 28.8 Å². The van der Waals surface area contributed by atoms with E-state index in [0.717, 1.165) is 36.7 Å². The first-order valence-corrected chi connectivity index (χ1v) is 10.1. The van der Waals surface area contributed by atoms with Crippen LogP contribution in [0.1, 0.15) is 37.9 Å². The number of aliphatic carboxylic acids is 1. The second kappa shape index (κ2) is 8.72. The zero-order valence-corrected chi connectivity index (χ0v) is 15.6. The van der Waals surface area contributed by atoms with Gasteiger partial charge < -0.3 is 15.0 Å². The quantitative estimate of drug-likeness (QED) is 0.557. The minimum Gasteiger partial charge on any atom is -0.481 e. The molecule has 1 aliphatic heterocycles. The molecule has 3 rings (SSSR count). The Morgan fingerprint density at radius 3 is 2.96 bits per heavy atom. The van der Waals surface area contributed by atoms with Gasteiger partial charge in [-0.2, -0.15) is 0 Å². The number of carboxylic acids is 1. The number of carboxylic acid groups (broad SMARTS) is 1. The number of fused-ring (bicyclic) bond motifs is 1. The van der Waals surface area contributed by atoms with Crippen LogP contribution >= 0.6 is 11.8 Å². The first-order chi connectivity index (χ1) is 12.1. The Bertz CT molecular complexity index is 723. The van der Waals surface area contributed by atoms with E-state index in [1.165, 1.54) is 35.5 Å². The number of piperidine rings is 1. The third kappa shape index (κ3) is 4.98. The van der Waals surface area contributed by atoms with Crippen molar-refractivity contribution in [2.24, 2.45) is 13.0 Å². The normalized spacial score (nSPS) is 15.7. The summed E-state index contributed by atoms with van der Waals surface area (Å²) in [6.45, 7) is 2.30. The number of nitrogens with zero attached hydrogens (tertiary/aromatic N) is 2. The van der Waals surface area contributed by atoms with Crippen LogP contribution in [-0.2, 0) is 18.3 Å². The minimum atomic E-state index is -0.721. The van der Waals surface area contributed by atoms with E-state index in [1.54, 1.807) is 11.8 Å². The van der Waals surface area contributed by atoms with Gasteiger partial charge in [-0.3, -0.25) is 4.79 Å². The molecule has 1 saturated heterocycles. The van der Waals surface area contributed by atoms with Crippen LogP contribution in [0.2, 0.25) is 0 Å². The van der Waals surface area contributed by atoms with Crippen LogP contribution in [0, 0.1) is 5.92 Å². The highest BCUT2D eigenvalue weighted by Crippen LogP contribution is 2.26. The fraction of sp³-hybridized carbons (Fsp3) is 0.579. The van der Waals surface area contributed by atoms with Gasteiger partial charge in [-0.15, -0.1) is 11.8 Å². The molecule has 0 spiro atoms. The number of hydrogen-bond donors (Lipinski definition) is 2. The molecule has 2 aromatic rings. The summed E-state index contributed by atoms with van der Waals surface area (Å²) in [6, 6.07) is 6.36. The third-order valence-electron chi connectivity index (χ3n) is 4.98. The van der Waals surface area contributed by atoms with Gasteiger partial charge in [0.05, 0.1) is 11.0 Å². The third-order valence-corrected chi connectivity index (χ3v) is 6.06. The Morgan fingerprint density at radius 2 is 2.20 bits per heavy atom. The molecule has 0 atom stereocenters. The first-order valence-electron chi connectivity index (χ1n) is 9.14. The summed E-state index contributed by atoms with van der Waals surface area (Å²) in [5.74, 6) is 2.10. The molecule has 2 heterocycles. The lowest BCUT2D eigenvalue weighted by molar-refractivity contribution is -0.137. The summed E-state index contributed by atoms with van der Waals surface area (Å²) in [5.41, 5.74) is 2.22. The molecular formula is C19H27N3O2S. The first kappa shape index (κ1) is 18.3. The highest BCUT2D eigenvalue weighted by molar-refractivity contribution is 7.99. The van der Waals surface area contributed by atoms with Crippen LogP contribution in [0.25, 0.3) is 11.0 Å². The van der Waals surface area contributed by atoms with Crippen molar-refractivity contribution in [3.8, 4) is 0 Å². The van der Waals surface area contributed by atoms with E-state index in [2.05, 4.69) is 35.1 Å². The number of aryl methyl sites for hydroxylation is 2. The maximum Gasteiger partial charge on any atom is 0.303 e.